The van der Waals surface area contributed by atoms with Crippen LogP contribution in [0.4, 0.5) is 5.69 Å². The first-order valence-electron chi connectivity index (χ1n) is 7.65. The molecule has 1 aromatic carbocycles. The fraction of sp³-hybridized carbons (Fsp3) is 0.500. The number of rotatable bonds is 3. The van der Waals surface area contributed by atoms with Crippen LogP contribution in [0.15, 0.2) is 23.2 Å². The highest BCUT2D eigenvalue weighted by atomic mass is 32.2. The van der Waals surface area contributed by atoms with Gasteiger partial charge in [-0.25, -0.2) is 8.42 Å². The molecule has 130 valence electrons. The SMILES string of the molecule is COCC(=O)N=C1S[C@H]2CS(=O)(=O)C[C@H]2N1c1cccc(C)c1C. The quantitative estimate of drug-likeness (QED) is 0.806. The van der Waals surface area contributed by atoms with Gasteiger partial charge in [0.2, 0.25) is 0 Å². The standard InChI is InChI=1S/C16H20N2O4S2/c1-10-5-4-6-12(11(10)2)18-13-8-24(20,21)9-14(13)23-16(18)17-15(19)7-22-3/h4-6,13-14H,7-9H2,1-3H3/t13-,14+/m1/s1. The highest BCUT2D eigenvalue weighted by molar-refractivity contribution is 8.16. The number of ether oxygens (including phenoxy) is 1. The summed E-state index contributed by atoms with van der Waals surface area (Å²) in [4.78, 5) is 18.0. The molecular formula is C16H20N2O4S2. The summed E-state index contributed by atoms with van der Waals surface area (Å²) in [5.74, 6) is -0.144. The van der Waals surface area contributed by atoms with E-state index < -0.39 is 9.84 Å². The lowest BCUT2D eigenvalue weighted by atomic mass is 10.1. The van der Waals surface area contributed by atoms with E-state index in [0.717, 1.165) is 16.8 Å². The summed E-state index contributed by atoms with van der Waals surface area (Å²) in [6.45, 7) is 3.93. The molecule has 2 saturated heterocycles. The molecule has 0 bridgehead atoms. The van der Waals surface area contributed by atoms with Gasteiger partial charge in [-0.05, 0) is 31.0 Å². The molecule has 6 nitrogen and oxygen atoms in total. The van der Waals surface area contributed by atoms with E-state index in [4.69, 9.17) is 4.74 Å². The fourth-order valence-electron chi connectivity index (χ4n) is 3.11. The second-order valence-electron chi connectivity index (χ2n) is 6.11. The van der Waals surface area contributed by atoms with Crippen LogP contribution in [0.2, 0.25) is 0 Å². The maximum Gasteiger partial charge on any atom is 0.274 e. The number of aryl methyl sites for hydroxylation is 1. The zero-order chi connectivity index (χ0) is 17.5. The number of fused-ring (bicyclic) bond motifs is 1. The van der Waals surface area contributed by atoms with Crippen molar-refractivity contribution < 1.29 is 17.9 Å². The molecule has 3 rings (SSSR count). The van der Waals surface area contributed by atoms with Gasteiger partial charge in [0.1, 0.15) is 6.61 Å². The predicted molar refractivity (Wildman–Crippen MR) is 96.5 cm³/mol. The van der Waals surface area contributed by atoms with Gasteiger partial charge in [0.25, 0.3) is 5.91 Å². The third-order valence-corrected chi connectivity index (χ3v) is 7.60. The molecule has 2 fully saturated rings. The number of benzene rings is 1. The summed E-state index contributed by atoms with van der Waals surface area (Å²) >= 11 is 1.38. The van der Waals surface area contributed by atoms with Crippen molar-refractivity contribution in [2.75, 3.05) is 30.1 Å². The minimum atomic E-state index is -3.06. The van der Waals surface area contributed by atoms with Crippen molar-refractivity contribution in [3.8, 4) is 0 Å². The number of hydrogen-bond donors (Lipinski definition) is 0. The van der Waals surface area contributed by atoms with Crippen molar-refractivity contribution in [3.05, 3.63) is 29.3 Å². The van der Waals surface area contributed by atoms with Gasteiger partial charge in [0.15, 0.2) is 15.0 Å². The topological polar surface area (TPSA) is 76.0 Å². The molecule has 0 N–H and O–H groups in total. The Morgan fingerprint density at radius 2 is 2.12 bits per heavy atom. The number of hydrogen-bond acceptors (Lipinski definition) is 5. The first-order chi connectivity index (χ1) is 11.3. The maximum absolute atomic E-state index is 12.0. The molecule has 0 aliphatic carbocycles. The van der Waals surface area contributed by atoms with Crippen LogP contribution >= 0.6 is 11.8 Å². The summed E-state index contributed by atoms with van der Waals surface area (Å²) in [7, 11) is -1.61. The van der Waals surface area contributed by atoms with Gasteiger partial charge in [0.05, 0.1) is 17.5 Å². The number of anilines is 1. The molecule has 2 heterocycles. The Morgan fingerprint density at radius 1 is 1.38 bits per heavy atom. The summed E-state index contributed by atoms with van der Waals surface area (Å²) in [5, 5.41) is 0.472. The molecule has 24 heavy (non-hydrogen) atoms. The van der Waals surface area contributed by atoms with Crippen LogP contribution in [0.1, 0.15) is 11.1 Å². The minimum Gasteiger partial charge on any atom is -0.375 e. The molecule has 2 aliphatic heterocycles. The molecule has 0 spiro atoms. The molecule has 0 saturated carbocycles. The van der Waals surface area contributed by atoms with E-state index in [1.54, 1.807) is 0 Å². The van der Waals surface area contributed by atoms with Gasteiger partial charge in [0, 0.05) is 18.0 Å². The van der Waals surface area contributed by atoms with Crippen LogP contribution in [0.5, 0.6) is 0 Å². The number of aliphatic imine (C=N–C) groups is 1. The highest BCUT2D eigenvalue weighted by Gasteiger charge is 2.49. The van der Waals surface area contributed by atoms with E-state index >= 15 is 0 Å². The molecule has 0 aromatic heterocycles. The minimum absolute atomic E-state index is 0.0850. The average Bonchev–Trinajstić information content (AvgIpc) is 2.94. The Kier molecular flexibility index (Phi) is 4.72. The van der Waals surface area contributed by atoms with Crippen molar-refractivity contribution in [2.24, 2.45) is 4.99 Å². The van der Waals surface area contributed by atoms with Crippen LogP contribution in [0, 0.1) is 13.8 Å². The number of thioether (sulfide) groups is 1. The smallest absolute Gasteiger partial charge is 0.274 e. The Labute approximate surface area is 146 Å². The normalized spacial score (nSPS) is 26.8. The van der Waals surface area contributed by atoms with Crippen molar-refractivity contribution in [3.63, 3.8) is 0 Å². The van der Waals surface area contributed by atoms with Gasteiger partial charge in [-0.1, -0.05) is 23.9 Å². The molecule has 2 atom stereocenters. The van der Waals surface area contributed by atoms with E-state index in [1.807, 2.05) is 36.9 Å². The molecule has 0 unspecified atom stereocenters. The Hall–Kier alpha value is -1.38. The predicted octanol–water partition coefficient (Wildman–Crippen LogP) is 1.55. The van der Waals surface area contributed by atoms with E-state index in [9.17, 15) is 13.2 Å². The van der Waals surface area contributed by atoms with Gasteiger partial charge in [-0.3, -0.25) is 4.79 Å². The number of carbonyl (C=O) groups is 1. The van der Waals surface area contributed by atoms with E-state index in [2.05, 4.69) is 4.99 Å². The third kappa shape index (κ3) is 3.22. The maximum atomic E-state index is 12.0. The molecule has 1 amide bonds. The van der Waals surface area contributed by atoms with Crippen LogP contribution in [-0.2, 0) is 19.4 Å². The average molecular weight is 368 g/mol. The first kappa shape index (κ1) is 17.4. The number of amidine groups is 1. The Morgan fingerprint density at radius 3 is 2.83 bits per heavy atom. The fourth-order valence-corrected chi connectivity index (χ4v) is 7.03. The van der Waals surface area contributed by atoms with Crippen LogP contribution in [0.3, 0.4) is 0 Å². The number of sulfone groups is 1. The number of nitrogens with zero attached hydrogens (tertiary/aromatic N) is 2. The second-order valence-corrected chi connectivity index (χ2v) is 9.47. The van der Waals surface area contributed by atoms with Crippen LogP contribution < -0.4 is 4.90 Å². The first-order valence-corrected chi connectivity index (χ1v) is 10.4. The van der Waals surface area contributed by atoms with E-state index in [0.29, 0.717) is 5.17 Å². The van der Waals surface area contributed by atoms with Crippen molar-refractivity contribution in [2.45, 2.75) is 25.1 Å². The largest absolute Gasteiger partial charge is 0.375 e. The lowest BCUT2D eigenvalue weighted by Gasteiger charge is -2.26. The van der Waals surface area contributed by atoms with E-state index in [1.165, 1.54) is 18.9 Å². The van der Waals surface area contributed by atoms with Crippen LogP contribution in [-0.4, -0.2) is 56.0 Å². The van der Waals surface area contributed by atoms with Gasteiger partial charge >= 0.3 is 0 Å². The van der Waals surface area contributed by atoms with Gasteiger partial charge in [-0.2, -0.15) is 4.99 Å². The monoisotopic (exact) mass is 368 g/mol. The molecule has 0 radical (unpaired) electrons. The molecule has 8 heteroatoms. The molecule has 2 aliphatic rings. The van der Waals surface area contributed by atoms with E-state index in [-0.39, 0.29) is 35.3 Å². The third-order valence-electron chi connectivity index (χ3n) is 4.39. The highest BCUT2D eigenvalue weighted by Crippen LogP contribution is 2.42. The summed E-state index contributed by atoms with van der Waals surface area (Å²) in [6, 6.07) is 5.72. The second kappa shape index (κ2) is 6.50. The summed E-state index contributed by atoms with van der Waals surface area (Å²) in [6.07, 6.45) is 0. The number of carbonyl (C=O) groups excluding carboxylic acids is 1. The zero-order valence-electron chi connectivity index (χ0n) is 13.9. The van der Waals surface area contributed by atoms with Gasteiger partial charge in [-0.15, -0.1) is 0 Å². The lowest BCUT2D eigenvalue weighted by Crippen LogP contribution is -2.38. The Bertz CT molecular complexity index is 804. The molecular weight excluding hydrogens is 348 g/mol. The zero-order valence-corrected chi connectivity index (χ0v) is 15.5. The lowest BCUT2D eigenvalue weighted by molar-refractivity contribution is -0.121. The number of methoxy groups -OCH3 is 1. The van der Waals surface area contributed by atoms with Gasteiger partial charge < -0.3 is 9.64 Å². The summed E-state index contributed by atoms with van der Waals surface area (Å²) in [5.41, 5.74) is 3.09. The number of amides is 1. The molecule has 1 aromatic rings. The summed E-state index contributed by atoms with van der Waals surface area (Å²) < 4.78 is 28.9. The van der Waals surface area contributed by atoms with Crippen molar-refractivity contribution in [1.82, 2.24) is 0 Å². The van der Waals surface area contributed by atoms with Crippen molar-refractivity contribution >= 4 is 38.4 Å². The van der Waals surface area contributed by atoms with Crippen molar-refractivity contribution in [1.29, 1.82) is 0 Å². The Balaban J connectivity index is 2.05. The van der Waals surface area contributed by atoms with Crippen LogP contribution in [0.25, 0.3) is 0 Å².